The summed E-state index contributed by atoms with van der Waals surface area (Å²) in [5.41, 5.74) is 1.43. The van der Waals surface area contributed by atoms with Crippen LogP contribution in [0.25, 0.3) is 11.3 Å². The summed E-state index contributed by atoms with van der Waals surface area (Å²) in [4.78, 5) is 4.16. The van der Waals surface area contributed by atoms with Crippen LogP contribution in [0.1, 0.15) is 0 Å². The number of nitrogens with zero attached hydrogens (tertiary/aromatic N) is 1. The highest BCUT2D eigenvalue weighted by Gasteiger charge is 2.03. The smallest absolute Gasteiger partial charge is 0.142 e. The summed E-state index contributed by atoms with van der Waals surface area (Å²) in [5, 5.41) is 0.121. The molecule has 2 rings (SSSR count). The van der Waals surface area contributed by atoms with Crippen molar-refractivity contribution in [3.8, 4) is 11.3 Å². The van der Waals surface area contributed by atoms with Crippen molar-refractivity contribution in [1.82, 2.24) is 4.98 Å². The zero-order chi connectivity index (χ0) is 10.8. The number of benzene rings is 1. The van der Waals surface area contributed by atoms with Gasteiger partial charge in [-0.15, -0.1) is 0 Å². The predicted molar refractivity (Wildman–Crippen MR) is 62.3 cm³/mol. The minimum Gasteiger partial charge on any atom is -0.255 e. The van der Waals surface area contributed by atoms with E-state index < -0.39 is 5.82 Å². The molecule has 0 saturated carbocycles. The molecule has 0 aliphatic rings. The molecule has 0 bridgehead atoms. The van der Waals surface area contributed by atoms with E-state index in [-0.39, 0.29) is 5.02 Å². The van der Waals surface area contributed by atoms with Crippen molar-refractivity contribution in [2.75, 3.05) is 0 Å². The van der Waals surface area contributed by atoms with Crippen LogP contribution in [0.5, 0.6) is 0 Å². The summed E-state index contributed by atoms with van der Waals surface area (Å²) in [7, 11) is 0. The quantitative estimate of drug-likeness (QED) is 0.761. The first-order chi connectivity index (χ1) is 7.16. The summed E-state index contributed by atoms with van der Waals surface area (Å²) in [6, 6.07) is 8.30. The van der Waals surface area contributed by atoms with Gasteiger partial charge in [0.1, 0.15) is 5.82 Å². The predicted octanol–water partition coefficient (Wildman–Crippen LogP) is 4.30. The monoisotopic (exact) mass is 285 g/mol. The highest BCUT2D eigenvalue weighted by Crippen LogP contribution is 2.23. The summed E-state index contributed by atoms with van der Waals surface area (Å²) in [6.45, 7) is 0. The van der Waals surface area contributed by atoms with Crippen LogP contribution in [0.15, 0.2) is 41.0 Å². The van der Waals surface area contributed by atoms with Crippen molar-refractivity contribution in [1.29, 1.82) is 0 Å². The lowest BCUT2D eigenvalue weighted by Crippen LogP contribution is -1.84. The van der Waals surface area contributed by atoms with Crippen LogP contribution < -0.4 is 0 Å². The third-order valence-electron chi connectivity index (χ3n) is 1.94. The number of aromatic nitrogens is 1. The van der Waals surface area contributed by atoms with Gasteiger partial charge in [0.15, 0.2) is 0 Å². The maximum absolute atomic E-state index is 13.2. The average Bonchev–Trinajstić information content (AvgIpc) is 2.23. The molecule has 1 nitrogen and oxygen atoms in total. The fourth-order valence-electron chi connectivity index (χ4n) is 1.20. The van der Waals surface area contributed by atoms with Crippen LogP contribution in [-0.4, -0.2) is 4.98 Å². The number of hydrogen-bond acceptors (Lipinski definition) is 1. The van der Waals surface area contributed by atoms with E-state index in [1.54, 1.807) is 12.3 Å². The molecule has 0 spiro atoms. The minimum atomic E-state index is -0.432. The van der Waals surface area contributed by atoms with E-state index >= 15 is 0 Å². The fraction of sp³-hybridized carbons (Fsp3) is 0. The molecule has 0 saturated heterocycles. The lowest BCUT2D eigenvalue weighted by Gasteiger charge is -2.01. The zero-order valence-corrected chi connectivity index (χ0v) is 9.89. The van der Waals surface area contributed by atoms with E-state index in [1.165, 1.54) is 12.1 Å². The molecule has 1 aromatic carbocycles. The molecule has 0 radical (unpaired) electrons. The third kappa shape index (κ3) is 2.36. The zero-order valence-electron chi connectivity index (χ0n) is 7.55. The molecular weight excluding hydrogens is 280 g/mol. The SMILES string of the molecule is Fc1cc(-c2ccc(Br)cn2)ccc1Cl. The Bertz CT molecular complexity index is 484. The molecule has 15 heavy (non-hydrogen) atoms. The average molecular weight is 287 g/mol. The summed E-state index contributed by atoms with van der Waals surface area (Å²) >= 11 is 8.88. The van der Waals surface area contributed by atoms with Crippen molar-refractivity contribution >= 4 is 27.5 Å². The fourth-order valence-corrected chi connectivity index (χ4v) is 1.55. The number of pyridine rings is 1. The first kappa shape index (κ1) is 10.6. The van der Waals surface area contributed by atoms with Gasteiger partial charge >= 0.3 is 0 Å². The number of hydrogen-bond donors (Lipinski definition) is 0. The highest BCUT2D eigenvalue weighted by molar-refractivity contribution is 9.10. The van der Waals surface area contributed by atoms with E-state index in [9.17, 15) is 4.39 Å². The van der Waals surface area contributed by atoms with Gasteiger partial charge in [0.2, 0.25) is 0 Å². The van der Waals surface area contributed by atoms with E-state index in [4.69, 9.17) is 11.6 Å². The van der Waals surface area contributed by atoms with Gasteiger partial charge in [-0.1, -0.05) is 17.7 Å². The molecule has 76 valence electrons. The molecule has 0 atom stereocenters. The second kappa shape index (κ2) is 4.29. The lowest BCUT2D eigenvalue weighted by molar-refractivity contribution is 0.628. The molecule has 4 heteroatoms. The van der Waals surface area contributed by atoms with Crippen LogP contribution in [0.3, 0.4) is 0 Å². The maximum Gasteiger partial charge on any atom is 0.142 e. The maximum atomic E-state index is 13.2. The van der Waals surface area contributed by atoms with Gasteiger partial charge in [0.05, 0.1) is 10.7 Å². The summed E-state index contributed by atoms with van der Waals surface area (Å²) < 4.78 is 14.1. The summed E-state index contributed by atoms with van der Waals surface area (Å²) in [6.07, 6.45) is 1.67. The Balaban J connectivity index is 2.45. The van der Waals surface area contributed by atoms with Gasteiger partial charge in [0.25, 0.3) is 0 Å². The van der Waals surface area contributed by atoms with Crippen LogP contribution in [0.4, 0.5) is 4.39 Å². The summed E-state index contributed by atoms with van der Waals surface area (Å²) in [5.74, 6) is -0.432. The molecule has 0 N–H and O–H groups in total. The number of rotatable bonds is 1. The molecule has 0 aliphatic carbocycles. The van der Waals surface area contributed by atoms with Crippen molar-refractivity contribution < 1.29 is 4.39 Å². The van der Waals surface area contributed by atoms with Gasteiger partial charge in [-0.3, -0.25) is 4.98 Å². The highest BCUT2D eigenvalue weighted by atomic mass is 79.9. The minimum absolute atomic E-state index is 0.121. The Labute approximate surface area is 100 Å². The largest absolute Gasteiger partial charge is 0.255 e. The second-order valence-corrected chi connectivity index (χ2v) is 4.31. The van der Waals surface area contributed by atoms with Crippen molar-refractivity contribution in [3.63, 3.8) is 0 Å². The van der Waals surface area contributed by atoms with Gasteiger partial charge in [-0.25, -0.2) is 4.39 Å². The van der Waals surface area contributed by atoms with Gasteiger partial charge < -0.3 is 0 Å². The molecule has 0 aliphatic heterocycles. The molecule has 1 aromatic heterocycles. The Morgan fingerprint density at radius 3 is 2.60 bits per heavy atom. The third-order valence-corrected chi connectivity index (χ3v) is 2.72. The Hall–Kier alpha value is -0.930. The number of halogens is 3. The van der Waals surface area contributed by atoms with E-state index in [2.05, 4.69) is 20.9 Å². The van der Waals surface area contributed by atoms with E-state index in [1.807, 2.05) is 12.1 Å². The van der Waals surface area contributed by atoms with Gasteiger partial charge in [-0.05, 0) is 40.2 Å². The molecule has 0 amide bonds. The van der Waals surface area contributed by atoms with Crippen LogP contribution >= 0.6 is 27.5 Å². The van der Waals surface area contributed by atoms with Crippen LogP contribution in [0.2, 0.25) is 5.02 Å². The molecule has 0 fully saturated rings. The van der Waals surface area contributed by atoms with Gasteiger partial charge in [-0.2, -0.15) is 0 Å². The topological polar surface area (TPSA) is 12.9 Å². The first-order valence-corrected chi connectivity index (χ1v) is 5.41. The van der Waals surface area contributed by atoms with Crippen molar-refractivity contribution in [2.24, 2.45) is 0 Å². The van der Waals surface area contributed by atoms with Crippen molar-refractivity contribution in [3.05, 3.63) is 51.8 Å². The van der Waals surface area contributed by atoms with E-state index in [0.717, 1.165) is 4.47 Å². The molecule has 0 unspecified atom stereocenters. The molecule has 1 heterocycles. The second-order valence-electron chi connectivity index (χ2n) is 2.99. The van der Waals surface area contributed by atoms with Crippen molar-refractivity contribution in [2.45, 2.75) is 0 Å². The van der Waals surface area contributed by atoms with Gasteiger partial charge in [0, 0.05) is 16.2 Å². The normalized spacial score (nSPS) is 10.3. The standard InChI is InChI=1S/C11H6BrClFN/c12-8-2-4-11(15-6-8)7-1-3-9(13)10(14)5-7/h1-6H. The molecule has 2 aromatic rings. The Morgan fingerprint density at radius 2 is 2.00 bits per heavy atom. The Kier molecular flexibility index (Phi) is 3.03. The molecular formula is C11H6BrClFN. The Morgan fingerprint density at radius 1 is 1.20 bits per heavy atom. The first-order valence-electron chi connectivity index (χ1n) is 4.24. The van der Waals surface area contributed by atoms with E-state index in [0.29, 0.717) is 11.3 Å². The van der Waals surface area contributed by atoms with Crippen LogP contribution in [-0.2, 0) is 0 Å². The van der Waals surface area contributed by atoms with Crippen LogP contribution in [0, 0.1) is 5.82 Å². The lowest BCUT2D eigenvalue weighted by atomic mass is 10.1.